The molecule has 27 heavy (non-hydrogen) atoms. The summed E-state index contributed by atoms with van der Waals surface area (Å²) in [5.41, 5.74) is 3.37. The lowest BCUT2D eigenvalue weighted by Crippen LogP contribution is -2.29. The molecule has 3 aromatic carbocycles. The molecule has 0 spiro atoms. The Bertz CT molecular complexity index is 929. The highest BCUT2D eigenvalue weighted by Crippen LogP contribution is 2.22. The van der Waals surface area contributed by atoms with E-state index < -0.39 is 0 Å². The Morgan fingerprint density at radius 3 is 2.19 bits per heavy atom. The van der Waals surface area contributed by atoms with Crippen molar-refractivity contribution in [3.8, 4) is 6.07 Å². The number of rotatable bonds is 6. The maximum atomic E-state index is 13.3. The third-order valence-electron chi connectivity index (χ3n) is 4.37. The Balaban J connectivity index is 1.70. The van der Waals surface area contributed by atoms with E-state index in [0.29, 0.717) is 18.4 Å². The van der Waals surface area contributed by atoms with E-state index in [1.165, 1.54) is 12.1 Å². The fourth-order valence-electron chi connectivity index (χ4n) is 2.90. The molecule has 0 aliphatic carbocycles. The van der Waals surface area contributed by atoms with Gasteiger partial charge in [0.05, 0.1) is 17.7 Å². The highest BCUT2D eigenvalue weighted by atomic mass is 19.1. The Morgan fingerprint density at radius 1 is 0.926 bits per heavy atom. The van der Waals surface area contributed by atoms with Crippen molar-refractivity contribution >= 4 is 5.91 Å². The third kappa shape index (κ3) is 5.02. The zero-order valence-corrected chi connectivity index (χ0v) is 14.7. The first-order valence-electron chi connectivity index (χ1n) is 8.74. The molecule has 3 aromatic rings. The predicted molar refractivity (Wildman–Crippen MR) is 102 cm³/mol. The molecule has 3 nitrogen and oxygen atoms in total. The van der Waals surface area contributed by atoms with Gasteiger partial charge in [0.25, 0.3) is 0 Å². The van der Waals surface area contributed by atoms with Crippen molar-refractivity contribution in [2.24, 2.45) is 0 Å². The maximum absolute atomic E-state index is 13.3. The predicted octanol–water partition coefficient (Wildman–Crippen LogP) is 4.54. The number of nitriles is 1. The van der Waals surface area contributed by atoms with Gasteiger partial charge in [-0.25, -0.2) is 4.39 Å². The lowest BCUT2D eigenvalue weighted by molar-refractivity contribution is -0.121. The average Bonchev–Trinajstić information content (AvgIpc) is 2.72. The molecule has 1 N–H and O–H groups in total. The molecule has 0 saturated carbocycles. The zero-order valence-electron chi connectivity index (χ0n) is 14.7. The molecular formula is C23H19FN2O. The molecule has 0 aromatic heterocycles. The van der Waals surface area contributed by atoms with Gasteiger partial charge >= 0.3 is 0 Å². The summed E-state index contributed by atoms with van der Waals surface area (Å²) in [6, 6.07) is 24.8. The molecular weight excluding hydrogens is 339 g/mol. The van der Waals surface area contributed by atoms with Crippen LogP contribution in [0.4, 0.5) is 4.39 Å². The summed E-state index contributed by atoms with van der Waals surface area (Å²) < 4.78 is 13.3. The van der Waals surface area contributed by atoms with Crippen LogP contribution in [0.15, 0.2) is 78.9 Å². The topological polar surface area (TPSA) is 52.9 Å². The Morgan fingerprint density at radius 2 is 1.56 bits per heavy atom. The molecule has 134 valence electrons. The van der Waals surface area contributed by atoms with E-state index in [4.69, 9.17) is 5.26 Å². The molecule has 1 unspecified atom stereocenters. The SMILES string of the molecule is N#Cc1ccc(CCC(=O)NC(c2ccccc2)c2ccc(F)cc2)cc1. The van der Waals surface area contributed by atoms with Gasteiger partial charge in [-0.1, -0.05) is 54.6 Å². The minimum absolute atomic E-state index is 0.0856. The number of carbonyl (C=O) groups excluding carboxylic acids is 1. The van der Waals surface area contributed by atoms with Crippen molar-refractivity contribution in [2.45, 2.75) is 18.9 Å². The Kier molecular flexibility index (Phi) is 5.96. The van der Waals surface area contributed by atoms with Gasteiger partial charge in [-0.05, 0) is 47.4 Å². The van der Waals surface area contributed by atoms with E-state index in [-0.39, 0.29) is 17.8 Å². The molecule has 0 bridgehead atoms. The smallest absolute Gasteiger partial charge is 0.221 e. The molecule has 0 saturated heterocycles. The summed E-state index contributed by atoms with van der Waals surface area (Å²) in [6.07, 6.45) is 0.916. The van der Waals surface area contributed by atoms with Crippen molar-refractivity contribution in [1.82, 2.24) is 5.32 Å². The third-order valence-corrected chi connectivity index (χ3v) is 4.37. The first-order chi connectivity index (χ1) is 13.2. The number of nitrogens with zero attached hydrogens (tertiary/aromatic N) is 1. The van der Waals surface area contributed by atoms with Gasteiger partial charge in [0, 0.05) is 6.42 Å². The van der Waals surface area contributed by atoms with Crippen molar-refractivity contribution in [2.75, 3.05) is 0 Å². The highest BCUT2D eigenvalue weighted by molar-refractivity contribution is 5.77. The molecule has 0 radical (unpaired) electrons. The highest BCUT2D eigenvalue weighted by Gasteiger charge is 2.16. The van der Waals surface area contributed by atoms with Crippen LogP contribution in [0.5, 0.6) is 0 Å². The number of benzene rings is 3. The second kappa shape index (κ2) is 8.77. The molecule has 1 atom stereocenters. The number of hydrogen-bond acceptors (Lipinski definition) is 2. The van der Waals surface area contributed by atoms with E-state index in [1.807, 2.05) is 42.5 Å². The zero-order chi connectivity index (χ0) is 19.1. The van der Waals surface area contributed by atoms with Crippen LogP contribution in [-0.4, -0.2) is 5.91 Å². The fraction of sp³-hybridized carbons (Fsp3) is 0.130. The first-order valence-corrected chi connectivity index (χ1v) is 8.74. The average molecular weight is 358 g/mol. The Hall–Kier alpha value is -3.45. The molecule has 0 aliphatic heterocycles. The number of halogens is 1. The van der Waals surface area contributed by atoms with Crippen LogP contribution in [0.2, 0.25) is 0 Å². The minimum Gasteiger partial charge on any atom is -0.345 e. The van der Waals surface area contributed by atoms with Crippen molar-refractivity contribution < 1.29 is 9.18 Å². The van der Waals surface area contributed by atoms with Crippen LogP contribution < -0.4 is 5.32 Å². The normalized spacial score (nSPS) is 11.4. The van der Waals surface area contributed by atoms with Crippen LogP contribution in [0.25, 0.3) is 0 Å². The summed E-state index contributed by atoms with van der Waals surface area (Å²) >= 11 is 0. The van der Waals surface area contributed by atoms with Gasteiger partial charge in [-0.3, -0.25) is 4.79 Å². The summed E-state index contributed by atoms with van der Waals surface area (Å²) in [5, 5.41) is 11.9. The first kappa shape index (κ1) is 18.3. The summed E-state index contributed by atoms with van der Waals surface area (Å²) in [5.74, 6) is -0.393. The lowest BCUT2D eigenvalue weighted by Gasteiger charge is -2.20. The quantitative estimate of drug-likeness (QED) is 0.703. The van der Waals surface area contributed by atoms with Crippen molar-refractivity contribution in [1.29, 1.82) is 5.26 Å². The molecule has 0 heterocycles. The second-order valence-electron chi connectivity index (χ2n) is 6.27. The van der Waals surface area contributed by atoms with Gasteiger partial charge in [0.1, 0.15) is 5.82 Å². The summed E-state index contributed by atoms with van der Waals surface area (Å²) in [7, 11) is 0. The van der Waals surface area contributed by atoms with Crippen LogP contribution in [0.3, 0.4) is 0 Å². The number of amides is 1. The van der Waals surface area contributed by atoms with Crippen LogP contribution in [0.1, 0.15) is 34.7 Å². The van der Waals surface area contributed by atoms with Gasteiger partial charge in [-0.2, -0.15) is 5.26 Å². The van der Waals surface area contributed by atoms with E-state index in [9.17, 15) is 9.18 Å². The monoisotopic (exact) mass is 358 g/mol. The number of aryl methyl sites for hydroxylation is 1. The minimum atomic E-state index is -0.333. The molecule has 0 fully saturated rings. The van der Waals surface area contributed by atoms with Crippen molar-refractivity contribution in [3.05, 3.63) is 107 Å². The van der Waals surface area contributed by atoms with Gasteiger partial charge in [-0.15, -0.1) is 0 Å². The largest absolute Gasteiger partial charge is 0.345 e. The van der Waals surface area contributed by atoms with Gasteiger partial charge in [0.2, 0.25) is 5.91 Å². The lowest BCUT2D eigenvalue weighted by atomic mass is 9.98. The van der Waals surface area contributed by atoms with Crippen LogP contribution >= 0.6 is 0 Å². The van der Waals surface area contributed by atoms with E-state index in [0.717, 1.165) is 16.7 Å². The summed E-state index contributed by atoms with van der Waals surface area (Å²) in [6.45, 7) is 0. The molecule has 1 amide bonds. The standard InChI is InChI=1S/C23H19FN2O/c24-21-13-11-20(12-14-21)23(19-4-2-1-3-5-19)26-22(27)15-10-17-6-8-18(16-25)9-7-17/h1-9,11-14,23H,10,15H2,(H,26,27). The van der Waals surface area contributed by atoms with Gasteiger partial charge < -0.3 is 5.32 Å². The molecule has 3 rings (SSSR count). The number of nitrogens with one attached hydrogen (secondary N) is 1. The van der Waals surface area contributed by atoms with E-state index in [1.54, 1.807) is 24.3 Å². The van der Waals surface area contributed by atoms with E-state index in [2.05, 4.69) is 11.4 Å². The maximum Gasteiger partial charge on any atom is 0.221 e. The molecule has 0 aliphatic rings. The van der Waals surface area contributed by atoms with Crippen LogP contribution in [-0.2, 0) is 11.2 Å². The van der Waals surface area contributed by atoms with Gasteiger partial charge in [0.15, 0.2) is 0 Å². The fourth-order valence-corrected chi connectivity index (χ4v) is 2.90. The Labute approximate surface area is 158 Å². The molecule has 4 heteroatoms. The number of hydrogen-bond donors (Lipinski definition) is 1. The van der Waals surface area contributed by atoms with Crippen molar-refractivity contribution in [3.63, 3.8) is 0 Å². The van der Waals surface area contributed by atoms with Crippen LogP contribution in [0, 0.1) is 17.1 Å². The van der Waals surface area contributed by atoms with E-state index >= 15 is 0 Å². The summed E-state index contributed by atoms with van der Waals surface area (Å²) in [4.78, 5) is 12.5. The number of carbonyl (C=O) groups is 1. The second-order valence-corrected chi connectivity index (χ2v) is 6.27.